The number of hydrogen-bond donors (Lipinski definition) is 2. The Bertz CT molecular complexity index is 1070. The first kappa shape index (κ1) is 20.4. The number of carbonyl (C=O) groups excluding carboxylic acids is 2. The molecule has 1 fully saturated rings. The van der Waals surface area contributed by atoms with Crippen LogP contribution < -0.4 is 10.6 Å². The number of thiazole rings is 1. The highest BCUT2D eigenvalue weighted by atomic mass is 79.9. The molecular weight excluding hydrogens is 522 g/mol. The van der Waals surface area contributed by atoms with Crippen LogP contribution in [0.3, 0.4) is 0 Å². The summed E-state index contributed by atoms with van der Waals surface area (Å²) in [4.78, 5) is 38.5. The Labute approximate surface area is 188 Å². The van der Waals surface area contributed by atoms with Gasteiger partial charge >= 0.3 is 0 Å². The molecule has 2 atom stereocenters. The first-order chi connectivity index (χ1) is 14.0. The average Bonchev–Trinajstić information content (AvgIpc) is 3.16. The second-order valence-corrected chi connectivity index (χ2v) is 9.97. The first-order valence-corrected chi connectivity index (χ1v) is 11.5. The maximum absolute atomic E-state index is 12.8. The highest BCUT2D eigenvalue weighted by molar-refractivity contribution is 9.11. The van der Waals surface area contributed by atoms with Gasteiger partial charge in [0.25, 0.3) is 11.8 Å². The van der Waals surface area contributed by atoms with Crippen LogP contribution in [0.5, 0.6) is 0 Å². The van der Waals surface area contributed by atoms with Gasteiger partial charge in [-0.25, -0.2) is 9.97 Å². The van der Waals surface area contributed by atoms with Gasteiger partial charge in [-0.3, -0.25) is 14.6 Å². The van der Waals surface area contributed by atoms with E-state index in [2.05, 4.69) is 57.4 Å². The molecule has 0 spiro atoms. The van der Waals surface area contributed by atoms with Crippen LogP contribution >= 0.6 is 43.2 Å². The normalized spacial score (nSPS) is 19.1. The van der Waals surface area contributed by atoms with Crippen LogP contribution in [0.2, 0.25) is 0 Å². The number of halogens is 2. The van der Waals surface area contributed by atoms with Gasteiger partial charge in [0.2, 0.25) is 0 Å². The fraction of sp³-hybridized carbons (Fsp3) is 0.316. The van der Waals surface area contributed by atoms with Gasteiger partial charge in [-0.15, -0.1) is 11.3 Å². The van der Waals surface area contributed by atoms with Crippen molar-refractivity contribution >= 4 is 65.9 Å². The molecule has 0 unspecified atom stereocenters. The smallest absolute Gasteiger partial charge is 0.270 e. The maximum Gasteiger partial charge on any atom is 0.270 e. The van der Waals surface area contributed by atoms with Crippen LogP contribution in [0.25, 0.3) is 10.9 Å². The summed E-state index contributed by atoms with van der Waals surface area (Å²) in [6, 6.07) is 3.25. The number of hydrogen-bond acceptors (Lipinski definition) is 6. The number of pyridine rings is 2. The Kier molecular flexibility index (Phi) is 6.21. The van der Waals surface area contributed by atoms with Crippen LogP contribution in [0.4, 0.5) is 0 Å². The minimum Gasteiger partial charge on any atom is -0.346 e. The highest BCUT2D eigenvalue weighted by Crippen LogP contribution is 2.23. The zero-order valence-electron chi connectivity index (χ0n) is 15.2. The van der Waals surface area contributed by atoms with E-state index >= 15 is 0 Å². The standard InChI is InChI=1S/C19H17Br2N5O2S/c20-11-8-22-7-10-5-6-14(24-16(10)11)17(27)25-12-3-1-2-4-13(12)26-18(28)15-9-23-19(21)29-15/h5-9,12-13H,1-4H2,(H,25,27)(H,26,28)/t12-,13-/m1/s1. The van der Waals surface area contributed by atoms with Gasteiger partial charge in [-0.2, -0.15) is 0 Å². The van der Waals surface area contributed by atoms with Crippen molar-refractivity contribution in [3.8, 4) is 0 Å². The Morgan fingerprint density at radius 2 is 1.72 bits per heavy atom. The molecule has 2 amide bonds. The summed E-state index contributed by atoms with van der Waals surface area (Å²) < 4.78 is 1.41. The van der Waals surface area contributed by atoms with Crippen LogP contribution in [0.15, 0.2) is 39.1 Å². The van der Waals surface area contributed by atoms with Crippen LogP contribution in [0.1, 0.15) is 45.8 Å². The molecule has 3 aromatic heterocycles. The second kappa shape index (κ2) is 8.85. The molecule has 1 aliphatic carbocycles. The number of nitrogens with one attached hydrogen (secondary N) is 2. The SMILES string of the molecule is O=C(N[C@@H]1CCCC[C@H]1NC(=O)c1cnc(Br)s1)c1ccc2cncc(Br)c2n1. The molecule has 0 aliphatic heterocycles. The van der Waals surface area contributed by atoms with E-state index in [1.165, 1.54) is 11.3 Å². The summed E-state index contributed by atoms with van der Waals surface area (Å²) in [5, 5.41) is 6.97. The number of amides is 2. The Balaban J connectivity index is 1.48. The molecule has 1 aliphatic rings. The Hall–Kier alpha value is -1.91. The van der Waals surface area contributed by atoms with Crippen molar-refractivity contribution in [2.75, 3.05) is 0 Å². The van der Waals surface area contributed by atoms with Gasteiger partial charge in [-0.1, -0.05) is 12.8 Å². The van der Waals surface area contributed by atoms with Gasteiger partial charge in [0, 0.05) is 29.9 Å². The average molecular weight is 539 g/mol. The third-order valence-corrected chi connectivity index (χ3v) is 6.94. The fourth-order valence-corrected chi connectivity index (χ4v) is 5.06. The fourth-order valence-electron chi connectivity index (χ4n) is 3.45. The number of fused-ring (bicyclic) bond motifs is 1. The van der Waals surface area contributed by atoms with E-state index in [1.54, 1.807) is 24.7 Å². The molecule has 7 nitrogen and oxygen atoms in total. The molecule has 0 bridgehead atoms. The largest absolute Gasteiger partial charge is 0.346 e. The lowest BCUT2D eigenvalue weighted by Gasteiger charge is -2.32. The first-order valence-electron chi connectivity index (χ1n) is 9.14. The van der Waals surface area contributed by atoms with Crippen LogP contribution in [-0.2, 0) is 0 Å². The van der Waals surface area contributed by atoms with Gasteiger partial charge in [0.1, 0.15) is 10.6 Å². The Morgan fingerprint density at radius 1 is 1.00 bits per heavy atom. The van der Waals surface area contributed by atoms with Crippen molar-refractivity contribution < 1.29 is 9.59 Å². The van der Waals surface area contributed by atoms with Gasteiger partial charge in [0.15, 0.2) is 3.92 Å². The van der Waals surface area contributed by atoms with Crippen molar-refractivity contribution in [3.05, 3.63) is 49.7 Å². The minimum absolute atomic E-state index is 0.127. The van der Waals surface area contributed by atoms with E-state index in [-0.39, 0.29) is 23.9 Å². The summed E-state index contributed by atoms with van der Waals surface area (Å²) in [6.07, 6.45) is 8.56. The minimum atomic E-state index is -0.248. The lowest BCUT2D eigenvalue weighted by molar-refractivity contribution is 0.0862. The summed E-state index contributed by atoms with van der Waals surface area (Å²) in [7, 11) is 0. The van der Waals surface area contributed by atoms with Crippen molar-refractivity contribution in [2.45, 2.75) is 37.8 Å². The molecule has 3 heterocycles. The second-order valence-electron chi connectivity index (χ2n) is 6.81. The molecule has 3 aromatic rings. The van der Waals surface area contributed by atoms with Crippen molar-refractivity contribution in [2.24, 2.45) is 0 Å². The summed E-state index contributed by atoms with van der Waals surface area (Å²) in [5.41, 5.74) is 1.03. The number of rotatable bonds is 4. The van der Waals surface area contributed by atoms with Gasteiger partial charge in [-0.05, 0) is 56.8 Å². The molecular formula is C19H17Br2N5O2S. The molecule has 0 saturated heterocycles. The quantitative estimate of drug-likeness (QED) is 0.521. The third kappa shape index (κ3) is 4.65. The molecule has 0 aromatic carbocycles. The van der Waals surface area contributed by atoms with Crippen molar-refractivity contribution in [3.63, 3.8) is 0 Å². The van der Waals surface area contributed by atoms with E-state index in [9.17, 15) is 9.59 Å². The monoisotopic (exact) mass is 537 g/mol. The van der Waals surface area contributed by atoms with Crippen molar-refractivity contribution in [1.29, 1.82) is 0 Å². The van der Waals surface area contributed by atoms with E-state index in [1.807, 2.05) is 6.07 Å². The molecule has 150 valence electrons. The molecule has 1 saturated carbocycles. The van der Waals surface area contributed by atoms with Gasteiger partial charge < -0.3 is 10.6 Å². The molecule has 4 rings (SSSR count). The molecule has 0 radical (unpaired) electrons. The lowest BCUT2D eigenvalue weighted by Crippen LogP contribution is -2.53. The van der Waals surface area contributed by atoms with E-state index in [4.69, 9.17) is 0 Å². The number of carbonyl (C=O) groups is 2. The predicted molar refractivity (Wildman–Crippen MR) is 118 cm³/mol. The summed E-state index contributed by atoms with van der Waals surface area (Å²) >= 11 is 7.99. The van der Waals surface area contributed by atoms with Crippen LogP contribution in [-0.4, -0.2) is 38.8 Å². The third-order valence-electron chi connectivity index (χ3n) is 4.89. The maximum atomic E-state index is 12.8. The van der Waals surface area contributed by atoms with Crippen LogP contribution in [0, 0.1) is 0 Å². The molecule has 2 N–H and O–H groups in total. The zero-order valence-corrected chi connectivity index (χ0v) is 19.2. The molecule has 29 heavy (non-hydrogen) atoms. The number of nitrogens with zero attached hydrogens (tertiary/aromatic N) is 3. The summed E-state index contributed by atoms with van der Waals surface area (Å²) in [6.45, 7) is 0. The van der Waals surface area contributed by atoms with Crippen molar-refractivity contribution in [1.82, 2.24) is 25.6 Å². The molecule has 10 heteroatoms. The zero-order chi connectivity index (χ0) is 20.4. The highest BCUT2D eigenvalue weighted by Gasteiger charge is 2.29. The van der Waals surface area contributed by atoms with E-state index < -0.39 is 0 Å². The Morgan fingerprint density at radius 3 is 2.41 bits per heavy atom. The lowest BCUT2D eigenvalue weighted by atomic mass is 9.90. The predicted octanol–water partition coefficient (Wildman–Crippen LogP) is 4.08. The number of aromatic nitrogens is 3. The summed E-state index contributed by atoms with van der Waals surface area (Å²) in [5.74, 6) is -0.415. The van der Waals surface area contributed by atoms with E-state index in [0.29, 0.717) is 20.0 Å². The van der Waals surface area contributed by atoms with E-state index in [0.717, 1.165) is 35.5 Å². The topological polar surface area (TPSA) is 96.9 Å². The van der Waals surface area contributed by atoms with Gasteiger partial charge in [0.05, 0.1) is 16.2 Å².